The zero-order valence-electron chi connectivity index (χ0n) is 9.64. The normalized spacial score (nSPS) is 17.2. The Hall–Kier alpha value is -1.85. The third-order valence-electron chi connectivity index (χ3n) is 3.19. The van der Waals surface area contributed by atoms with E-state index in [1.807, 2.05) is 6.92 Å². The minimum Gasteiger partial charge on any atom is -0.480 e. The van der Waals surface area contributed by atoms with Gasteiger partial charge in [-0.05, 0) is 12.8 Å². The minimum atomic E-state index is -0.961. The topological polar surface area (TPSA) is 84.2 Å². The summed E-state index contributed by atoms with van der Waals surface area (Å²) in [6, 6.07) is 0. The van der Waals surface area contributed by atoms with Crippen LogP contribution in [-0.2, 0) is 16.1 Å². The quantitative estimate of drug-likeness (QED) is 0.821. The Balaban J connectivity index is 1.97. The molecule has 0 spiro atoms. The van der Waals surface area contributed by atoms with Crippen LogP contribution in [0.2, 0.25) is 0 Å². The van der Waals surface area contributed by atoms with E-state index >= 15 is 0 Å². The molecule has 92 valence electrons. The molecule has 1 amide bonds. The van der Waals surface area contributed by atoms with Crippen LogP contribution in [0.15, 0.2) is 12.4 Å². The Morgan fingerprint density at radius 1 is 1.59 bits per heavy atom. The smallest absolute Gasteiger partial charge is 0.325 e. The van der Waals surface area contributed by atoms with Crippen LogP contribution in [0.1, 0.15) is 26.2 Å². The third kappa shape index (κ3) is 2.46. The van der Waals surface area contributed by atoms with Crippen molar-refractivity contribution in [1.29, 1.82) is 0 Å². The maximum Gasteiger partial charge on any atom is 0.325 e. The lowest BCUT2D eigenvalue weighted by atomic mass is 9.70. The lowest BCUT2D eigenvalue weighted by Gasteiger charge is -2.36. The second kappa shape index (κ2) is 4.20. The average molecular weight is 237 g/mol. The van der Waals surface area contributed by atoms with Gasteiger partial charge in [0.05, 0.1) is 11.9 Å². The number of aliphatic carboxylic acids is 1. The first-order valence-corrected chi connectivity index (χ1v) is 5.55. The summed E-state index contributed by atoms with van der Waals surface area (Å²) < 4.78 is 1.28. The Bertz CT molecular complexity index is 449. The number of amides is 1. The Morgan fingerprint density at radius 2 is 2.29 bits per heavy atom. The van der Waals surface area contributed by atoms with E-state index in [0.717, 1.165) is 19.3 Å². The van der Waals surface area contributed by atoms with E-state index in [2.05, 4.69) is 10.4 Å². The number of aromatic nitrogens is 2. The number of hydrogen-bond acceptors (Lipinski definition) is 3. The third-order valence-corrected chi connectivity index (χ3v) is 3.19. The largest absolute Gasteiger partial charge is 0.480 e. The van der Waals surface area contributed by atoms with Gasteiger partial charge in [-0.25, -0.2) is 0 Å². The molecule has 0 unspecified atom stereocenters. The highest BCUT2D eigenvalue weighted by atomic mass is 16.4. The van der Waals surface area contributed by atoms with Crippen molar-refractivity contribution in [2.24, 2.45) is 5.41 Å². The predicted molar refractivity (Wildman–Crippen MR) is 60.5 cm³/mol. The molecule has 1 aliphatic rings. The summed E-state index contributed by atoms with van der Waals surface area (Å²) in [5, 5.41) is 15.2. The maximum atomic E-state index is 11.9. The fourth-order valence-corrected chi connectivity index (χ4v) is 1.87. The first kappa shape index (κ1) is 11.6. The number of nitrogens with zero attached hydrogens (tertiary/aromatic N) is 2. The molecule has 1 aromatic rings. The molecule has 0 aliphatic heterocycles. The van der Waals surface area contributed by atoms with Crippen molar-refractivity contribution in [2.75, 3.05) is 5.32 Å². The minimum absolute atomic E-state index is 0.0152. The van der Waals surface area contributed by atoms with Gasteiger partial charge in [0.15, 0.2) is 0 Å². The molecular weight excluding hydrogens is 222 g/mol. The van der Waals surface area contributed by atoms with Gasteiger partial charge in [0.2, 0.25) is 5.91 Å². The maximum absolute atomic E-state index is 11.9. The van der Waals surface area contributed by atoms with Gasteiger partial charge in [0, 0.05) is 11.6 Å². The van der Waals surface area contributed by atoms with E-state index in [0.29, 0.717) is 5.69 Å². The molecule has 0 bridgehead atoms. The van der Waals surface area contributed by atoms with E-state index in [1.54, 1.807) is 0 Å². The van der Waals surface area contributed by atoms with E-state index < -0.39 is 5.97 Å². The predicted octanol–water partition coefficient (Wildman–Crippen LogP) is 1.10. The van der Waals surface area contributed by atoms with Crippen molar-refractivity contribution in [3.63, 3.8) is 0 Å². The number of nitrogens with one attached hydrogen (secondary N) is 1. The Labute approximate surface area is 98.6 Å². The number of carboxylic acid groups (broad SMARTS) is 1. The van der Waals surface area contributed by atoms with Crippen LogP contribution in [0.3, 0.4) is 0 Å². The number of anilines is 1. The fourth-order valence-electron chi connectivity index (χ4n) is 1.87. The van der Waals surface area contributed by atoms with Gasteiger partial charge in [0.25, 0.3) is 0 Å². The van der Waals surface area contributed by atoms with Crippen LogP contribution in [0.5, 0.6) is 0 Å². The highest BCUT2D eigenvalue weighted by Crippen LogP contribution is 2.41. The van der Waals surface area contributed by atoms with Crippen LogP contribution >= 0.6 is 0 Å². The van der Waals surface area contributed by atoms with Crippen LogP contribution in [0.4, 0.5) is 5.69 Å². The summed E-state index contributed by atoms with van der Waals surface area (Å²) in [5.74, 6) is -0.976. The molecule has 0 atom stereocenters. The van der Waals surface area contributed by atoms with Crippen molar-refractivity contribution < 1.29 is 14.7 Å². The van der Waals surface area contributed by atoms with Crippen molar-refractivity contribution >= 4 is 17.6 Å². The van der Waals surface area contributed by atoms with Crippen molar-refractivity contribution in [3.05, 3.63) is 12.4 Å². The van der Waals surface area contributed by atoms with E-state index in [9.17, 15) is 9.59 Å². The number of carboxylic acids is 1. The molecule has 17 heavy (non-hydrogen) atoms. The molecule has 6 heteroatoms. The van der Waals surface area contributed by atoms with Gasteiger partial charge in [-0.2, -0.15) is 5.10 Å². The molecule has 1 fully saturated rings. The lowest BCUT2D eigenvalue weighted by Crippen LogP contribution is -2.39. The second-order valence-electron chi connectivity index (χ2n) is 4.69. The lowest BCUT2D eigenvalue weighted by molar-refractivity contribution is -0.137. The van der Waals surface area contributed by atoms with E-state index in [1.165, 1.54) is 17.1 Å². The second-order valence-corrected chi connectivity index (χ2v) is 4.69. The van der Waals surface area contributed by atoms with Crippen LogP contribution < -0.4 is 5.32 Å². The highest BCUT2D eigenvalue weighted by molar-refractivity contribution is 5.95. The molecule has 0 saturated heterocycles. The molecule has 0 aromatic carbocycles. The fraction of sp³-hybridized carbons (Fsp3) is 0.545. The molecule has 1 heterocycles. The van der Waals surface area contributed by atoms with Gasteiger partial charge < -0.3 is 10.4 Å². The average Bonchev–Trinajstić information content (AvgIpc) is 2.60. The number of rotatable bonds is 4. The van der Waals surface area contributed by atoms with Crippen molar-refractivity contribution in [3.8, 4) is 0 Å². The molecule has 1 aliphatic carbocycles. The monoisotopic (exact) mass is 237 g/mol. The molecule has 0 radical (unpaired) electrons. The zero-order valence-corrected chi connectivity index (χ0v) is 9.64. The van der Waals surface area contributed by atoms with E-state index in [-0.39, 0.29) is 17.9 Å². The molecule has 6 nitrogen and oxygen atoms in total. The highest BCUT2D eigenvalue weighted by Gasteiger charge is 2.39. The first-order valence-electron chi connectivity index (χ1n) is 5.55. The molecule has 2 N–H and O–H groups in total. The van der Waals surface area contributed by atoms with E-state index in [4.69, 9.17) is 5.11 Å². The van der Waals surface area contributed by atoms with Gasteiger partial charge >= 0.3 is 5.97 Å². The van der Waals surface area contributed by atoms with Gasteiger partial charge in [-0.3, -0.25) is 14.3 Å². The number of carbonyl (C=O) groups is 2. The van der Waals surface area contributed by atoms with Gasteiger partial charge in [-0.15, -0.1) is 0 Å². The summed E-state index contributed by atoms with van der Waals surface area (Å²) in [4.78, 5) is 22.4. The van der Waals surface area contributed by atoms with Crippen LogP contribution in [0.25, 0.3) is 0 Å². The van der Waals surface area contributed by atoms with Crippen molar-refractivity contribution in [2.45, 2.75) is 32.7 Å². The molecular formula is C11H15N3O3. The summed E-state index contributed by atoms with van der Waals surface area (Å²) in [6.45, 7) is 1.74. The standard InChI is InChI=1S/C11H15N3O3/c1-11(3-2-4-11)10(17)13-8-5-12-14(6-8)7-9(15)16/h5-6H,2-4,7H2,1H3,(H,13,17)(H,15,16). The molecule has 1 saturated carbocycles. The molecule has 2 rings (SSSR count). The summed E-state index contributed by atoms with van der Waals surface area (Å²) >= 11 is 0. The van der Waals surface area contributed by atoms with Gasteiger partial charge in [0.1, 0.15) is 6.54 Å². The van der Waals surface area contributed by atoms with Crippen LogP contribution in [0, 0.1) is 5.41 Å². The number of carbonyl (C=O) groups excluding carboxylic acids is 1. The first-order chi connectivity index (χ1) is 7.99. The zero-order chi connectivity index (χ0) is 12.5. The Kier molecular flexibility index (Phi) is 2.87. The van der Waals surface area contributed by atoms with Gasteiger partial charge in [-0.1, -0.05) is 13.3 Å². The summed E-state index contributed by atoms with van der Waals surface area (Å²) in [7, 11) is 0. The summed E-state index contributed by atoms with van der Waals surface area (Å²) in [5.41, 5.74) is 0.277. The Morgan fingerprint density at radius 3 is 2.82 bits per heavy atom. The summed E-state index contributed by atoms with van der Waals surface area (Å²) in [6.07, 6.45) is 5.88. The van der Waals surface area contributed by atoms with Crippen LogP contribution in [-0.4, -0.2) is 26.8 Å². The molecule has 1 aromatic heterocycles. The van der Waals surface area contributed by atoms with Crippen molar-refractivity contribution in [1.82, 2.24) is 9.78 Å². The SMILES string of the molecule is CC1(C(=O)Nc2cnn(CC(=O)O)c2)CCC1. The number of hydrogen-bond donors (Lipinski definition) is 2.